The Balaban J connectivity index is 2.32. The molecule has 0 spiro atoms. The highest BCUT2D eigenvalue weighted by Gasteiger charge is 2.41. The van der Waals surface area contributed by atoms with Crippen LogP contribution in [0.3, 0.4) is 0 Å². The van der Waals surface area contributed by atoms with Gasteiger partial charge >= 0.3 is 0 Å². The molecule has 108 valence electrons. The third-order valence-electron chi connectivity index (χ3n) is 4.00. The lowest BCUT2D eigenvalue weighted by Gasteiger charge is -2.51. The monoisotopic (exact) mass is 255 g/mol. The first kappa shape index (κ1) is 16.0. The maximum Gasteiger partial charge on any atom is 0.0672 e. The lowest BCUT2D eigenvalue weighted by Crippen LogP contribution is -2.58. The van der Waals surface area contributed by atoms with Gasteiger partial charge in [0.15, 0.2) is 0 Å². The second-order valence-corrected chi connectivity index (χ2v) is 7.59. The van der Waals surface area contributed by atoms with E-state index in [0.29, 0.717) is 5.41 Å². The largest absolute Gasteiger partial charge is 0.392 e. The van der Waals surface area contributed by atoms with E-state index in [1.54, 1.807) is 0 Å². The lowest BCUT2D eigenvalue weighted by molar-refractivity contribution is -0.0446. The Bertz CT molecular complexity index is 230. The van der Waals surface area contributed by atoms with Crippen LogP contribution in [-0.2, 0) is 0 Å². The van der Waals surface area contributed by atoms with Gasteiger partial charge in [0.2, 0.25) is 0 Å². The third kappa shape index (κ3) is 4.89. The van der Waals surface area contributed by atoms with Crippen molar-refractivity contribution in [2.75, 3.05) is 19.6 Å². The second-order valence-electron chi connectivity index (χ2n) is 7.59. The Labute approximate surface area is 114 Å². The van der Waals surface area contributed by atoms with Gasteiger partial charge in [0.25, 0.3) is 0 Å². The van der Waals surface area contributed by atoms with E-state index in [1.807, 2.05) is 0 Å². The fourth-order valence-corrected chi connectivity index (χ4v) is 3.60. The number of nitrogens with zero attached hydrogens (tertiary/aromatic N) is 1. The maximum absolute atomic E-state index is 10.1. The van der Waals surface area contributed by atoms with E-state index < -0.39 is 0 Å². The summed E-state index contributed by atoms with van der Waals surface area (Å²) in [7, 11) is 0. The molecule has 0 amide bonds. The maximum atomic E-state index is 10.1. The predicted octanol–water partition coefficient (Wildman–Crippen LogP) is 3.69. The first-order valence-electron chi connectivity index (χ1n) is 7.71. The van der Waals surface area contributed by atoms with E-state index in [2.05, 4.69) is 39.5 Å². The van der Waals surface area contributed by atoms with E-state index >= 15 is 0 Å². The van der Waals surface area contributed by atoms with Crippen molar-refractivity contribution in [3.63, 3.8) is 0 Å². The molecule has 1 fully saturated rings. The third-order valence-corrected chi connectivity index (χ3v) is 4.00. The van der Waals surface area contributed by atoms with Crippen LogP contribution in [0.2, 0.25) is 0 Å². The van der Waals surface area contributed by atoms with Crippen molar-refractivity contribution in [3.05, 3.63) is 0 Å². The number of hydrogen-bond acceptors (Lipinski definition) is 2. The molecule has 1 unspecified atom stereocenters. The molecule has 0 aromatic rings. The molecule has 1 atom stereocenters. The van der Waals surface area contributed by atoms with Crippen LogP contribution < -0.4 is 0 Å². The molecule has 1 aliphatic rings. The van der Waals surface area contributed by atoms with Crippen LogP contribution in [-0.4, -0.2) is 35.7 Å². The number of rotatable bonds is 7. The van der Waals surface area contributed by atoms with Crippen molar-refractivity contribution < 1.29 is 5.11 Å². The summed E-state index contributed by atoms with van der Waals surface area (Å²) in [6.45, 7) is 14.4. The number of likely N-dealkylation sites (tertiary alicyclic amines) is 1. The minimum atomic E-state index is -0.161. The summed E-state index contributed by atoms with van der Waals surface area (Å²) in [6.07, 6.45) is 6.03. The zero-order chi connectivity index (χ0) is 13.8. The van der Waals surface area contributed by atoms with Crippen LogP contribution in [0, 0.1) is 10.8 Å². The van der Waals surface area contributed by atoms with E-state index in [4.69, 9.17) is 0 Å². The lowest BCUT2D eigenvalue weighted by atomic mass is 9.72. The van der Waals surface area contributed by atoms with E-state index in [0.717, 1.165) is 13.0 Å². The van der Waals surface area contributed by atoms with Crippen molar-refractivity contribution in [2.24, 2.45) is 10.8 Å². The van der Waals surface area contributed by atoms with Gasteiger partial charge < -0.3 is 5.11 Å². The molecule has 0 aromatic carbocycles. The van der Waals surface area contributed by atoms with Crippen molar-refractivity contribution in [2.45, 2.75) is 72.8 Å². The normalized spacial score (nSPS) is 21.7. The molecule has 0 saturated carbocycles. The molecule has 0 aromatic heterocycles. The van der Waals surface area contributed by atoms with Gasteiger partial charge in [0, 0.05) is 19.6 Å². The number of hydrogen-bond donors (Lipinski definition) is 1. The summed E-state index contributed by atoms with van der Waals surface area (Å²) in [5.41, 5.74) is 0.805. The Morgan fingerprint density at radius 1 is 1.11 bits per heavy atom. The summed E-state index contributed by atoms with van der Waals surface area (Å²) >= 11 is 0. The van der Waals surface area contributed by atoms with Crippen molar-refractivity contribution in [3.8, 4) is 0 Å². The van der Waals surface area contributed by atoms with Crippen LogP contribution in [0.15, 0.2) is 0 Å². The van der Waals surface area contributed by atoms with Crippen LogP contribution in [0.25, 0.3) is 0 Å². The summed E-state index contributed by atoms with van der Waals surface area (Å²) in [5.74, 6) is 0. The van der Waals surface area contributed by atoms with E-state index in [-0.39, 0.29) is 11.5 Å². The molecule has 0 radical (unpaired) electrons. The Morgan fingerprint density at radius 2 is 1.61 bits per heavy atom. The standard InChI is InChI=1S/C16H33NO/c1-6-8-16(9-7-2)12-17(13-16)11-14(18)10-15(3,4)5/h14,18H,6-13H2,1-5H3. The van der Waals surface area contributed by atoms with Gasteiger partial charge in [-0.3, -0.25) is 4.90 Å². The molecule has 0 bridgehead atoms. The van der Waals surface area contributed by atoms with Crippen LogP contribution in [0.4, 0.5) is 0 Å². The molecule has 2 nitrogen and oxygen atoms in total. The van der Waals surface area contributed by atoms with Crippen molar-refractivity contribution in [1.29, 1.82) is 0 Å². The van der Waals surface area contributed by atoms with Gasteiger partial charge in [-0.25, -0.2) is 0 Å². The second kappa shape index (κ2) is 6.38. The molecule has 1 saturated heterocycles. The average Bonchev–Trinajstić information content (AvgIpc) is 2.12. The molecule has 1 N–H and O–H groups in total. The molecule has 1 rings (SSSR count). The van der Waals surface area contributed by atoms with Gasteiger partial charge in [-0.1, -0.05) is 47.5 Å². The van der Waals surface area contributed by atoms with Crippen LogP contribution in [0.1, 0.15) is 66.7 Å². The highest BCUT2D eigenvalue weighted by molar-refractivity contribution is 4.95. The summed E-state index contributed by atoms with van der Waals surface area (Å²) in [6, 6.07) is 0. The Hall–Kier alpha value is -0.0800. The molecular formula is C16H33NO. The van der Waals surface area contributed by atoms with Crippen molar-refractivity contribution in [1.82, 2.24) is 4.90 Å². The topological polar surface area (TPSA) is 23.5 Å². The number of β-amino-alcohol motifs (C(OH)–C–C–N with tert-alkyl or cyclic N) is 1. The average molecular weight is 255 g/mol. The minimum Gasteiger partial charge on any atom is -0.392 e. The van der Waals surface area contributed by atoms with Crippen molar-refractivity contribution >= 4 is 0 Å². The molecule has 1 aliphatic heterocycles. The SMILES string of the molecule is CCCC1(CCC)CN(CC(O)CC(C)(C)C)C1. The van der Waals surface area contributed by atoms with Gasteiger partial charge in [-0.05, 0) is 30.1 Å². The van der Waals surface area contributed by atoms with Gasteiger partial charge in [0.1, 0.15) is 0 Å². The van der Waals surface area contributed by atoms with Gasteiger partial charge in [0.05, 0.1) is 6.10 Å². The van der Waals surface area contributed by atoms with E-state index in [9.17, 15) is 5.11 Å². The first-order valence-corrected chi connectivity index (χ1v) is 7.71. The van der Waals surface area contributed by atoms with Crippen LogP contribution >= 0.6 is 0 Å². The molecule has 1 heterocycles. The van der Waals surface area contributed by atoms with E-state index in [1.165, 1.54) is 38.8 Å². The Morgan fingerprint density at radius 3 is 2.00 bits per heavy atom. The first-order chi connectivity index (χ1) is 8.30. The molecule has 0 aliphatic carbocycles. The summed E-state index contributed by atoms with van der Waals surface area (Å²) < 4.78 is 0. The van der Waals surface area contributed by atoms with Gasteiger partial charge in [-0.2, -0.15) is 0 Å². The highest BCUT2D eigenvalue weighted by Crippen LogP contribution is 2.39. The van der Waals surface area contributed by atoms with Crippen LogP contribution in [0.5, 0.6) is 0 Å². The quantitative estimate of drug-likeness (QED) is 0.750. The zero-order valence-electron chi connectivity index (χ0n) is 13.1. The number of aliphatic hydroxyl groups is 1. The Kier molecular flexibility index (Phi) is 5.67. The highest BCUT2D eigenvalue weighted by atomic mass is 16.3. The van der Waals surface area contributed by atoms with Gasteiger partial charge in [-0.15, -0.1) is 0 Å². The summed E-state index contributed by atoms with van der Waals surface area (Å²) in [5, 5.41) is 10.1. The minimum absolute atomic E-state index is 0.161. The predicted molar refractivity (Wildman–Crippen MR) is 78.8 cm³/mol. The smallest absolute Gasteiger partial charge is 0.0672 e. The molecule has 18 heavy (non-hydrogen) atoms. The molecular weight excluding hydrogens is 222 g/mol. The fraction of sp³-hybridized carbons (Fsp3) is 1.00. The molecule has 2 heteroatoms. The fourth-order valence-electron chi connectivity index (χ4n) is 3.60. The zero-order valence-corrected chi connectivity index (χ0v) is 13.1. The summed E-state index contributed by atoms with van der Waals surface area (Å²) in [4.78, 5) is 2.45. The number of aliphatic hydroxyl groups excluding tert-OH is 1.